The van der Waals surface area contributed by atoms with Gasteiger partial charge in [0.1, 0.15) is 0 Å². The van der Waals surface area contributed by atoms with Gasteiger partial charge in [-0.3, -0.25) is 9.52 Å². The highest BCUT2D eigenvalue weighted by Gasteiger charge is 2.37. The van der Waals surface area contributed by atoms with Crippen LogP contribution in [0.15, 0.2) is 47.4 Å². The van der Waals surface area contributed by atoms with Crippen LogP contribution in [0.4, 0.5) is 17.1 Å². The summed E-state index contributed by atoms with van der Waals surface area (Å²) in [5.41, 5.74) is 1.90. The first-order chi connectivity index (χ1) is 15.1. The summed E-state index contributed by atoms with van der Waals surface area (Å²) >= 11 is 0. The molecule has 2 aliphatic rings. The normalized spacial score (nSPS) is 19.4. The number of anilines is 3. The van der Waals surface area contributed by atoms with Crippen molar-refractivity contribution in [2.75, 3.05) is 52.9 Å². The van der Waals surface area contributed by atoms with E-state index < -0.39 is 26.0 Å². The van der Waals surface area contributed by atoms with Crippen LogP contribution in [0.1, 0.15) is 12.0 Å². The van der Waals surface area contributed by atoms with Gasteiger partial charge in [0.15, 0.2) is 0 Å². The lowest BCUT2D eigenvalue weighted by atomic mass is 10.2. The van der Waals surface area contributed by atoms with Gasteiger partial charge in [-0.1, -0.05) is 6.07 Å². The molecule has 2 heterocycles. The Bertz CT molecular complexity index is 1240. The van der Waals surface area contributed by atoms with E-state index in [4.69, 9.17) is 0 Å². The molecule has 2 aliphatic heterocycles. The van der Waals surface area contributed by atoms with Gasteiger partial charge in [-0.25, -0.2) is 21.1 Å². The third-order valence-electron chi connectivity index (χ3n) is 5.76. The highest BCUT2D eigenvalue weighted by atomic mass is 32.2. The van der Waals surface area contributed by atoms with E-state index in [9.17, 15) is 21.6 Å². The number of sulfonamides is 2. The van der Waals surface area contributed by atoms with E-state index in [0.29, 0.717) is 15.6 Å². The molecule has 2 saturated heterocycles. The number of aryl methyl sites for hydroxylation is 1. The first-order valence-corrected chi connectivity index (χ1v) is 13.4. The number of hydrogen-bond acceptors (Lipinski definition) is 7. The van der Waals surface area contributed by atoms with Gasteiger partial charge in [0.2, 0.25) is 15.9 Å². The highest BCUT2D eigenvalue weighted by Crippen LogP contribution is 2.30. The second kappa shape index (κ2) is 8.38. The van der Waals surface area contributed by atoms with Gasteiger partial charge < -0.3 is 9.80 Å². The Morgan fingerprint density at radius 2 is 1.56 bits per heavy atom. The SMILES string of the molecule is Cc1ccc(N2C(=O)CCS2(=O)=O)cc1S(=O)(=O)Nc1ccc(N2CCN(C)CC2)cc1. The molecule has 0 radical (unpaired) electrons. The van der Waals surface area contributed by atoms with E-state index in [2.05, 4.69) is 21.6 Å². The van der Waals surface area contributed by atoms with E-state index >= 15 is 0 Å². The Hall–Kier alpha value is -2.63. The van der Waals surface area contributed by atoms with Crippen molar-refractivity contribution in [2.45, 2.75) is 18.2 Å². The molecule has 11 heteroatoms. The molecule has 0 aliphatic carbocycles. The number of carbonyl (C=O) groups excluding carboxylic acids is 1. The maximum atomic E-state index is 13.1. The van der Waals surface area contributed by atoms with Crippen molar-refractivity contribution in [1.82, 2.24) is 4.90 Å². The number of hydrogen-bond donors (Lipinski definition) is 1. The van der Waals surface area contributed by atoms with Crippen LogP contribution >= 0.6 is 0 Å². The first kappa shape index (κ1) is 22.6. The summed E-state index contributed by atoms with van der Waals surface area (Å²) in [7, 11) is -5.70. The minimum Gasteiger partial charge on any atom is -0.369 e. The zero-order valence-corrected chi connectivity index (χ0v) is 19.6. The van der Waals surface area contributed by atoms with Gasteiger partial charge in [0.25, 0.3) is 10.0 Å². The molecule has 32 heavy (non-hydrogen) atoms. The fraction of sp³-hybridized carbons (Fsp3) is 0.381. The number of amides is 1. The van der Waals surface area contributed by atoms with E-state index in [0.717, 1.165) is 31.9 Å². The van der Waals surface area contributed by atoms with Gasteiger partial charge in [0, 0.05) is 44.0 Å². The molecule has 0 saturated carbocycles. The predicted molar refractivity (Wildman–Crippen MR) is 124 cm³/mol. The quantitative estimate of drug-likeness (QED) is 0.696. The smallest absolute Gasteiger partial charge is 0.262 e. The van der Waals surface area contributed by atoms with Crippen molar-refractivity contribution in [3.05, 3.63) is 48.0 Å². The molecule has 2 aromatic carbocycles. The number of nitrogens with one attached hydrogen (secondary N) is 1. The molecule has 0 atom stereocenters. The molecule has 1 amide bonds. The molecule has 4 rings (SSSR count). The van der Waals surface area contributed by atoms with Crippen molar-refractivity contribution in [3.63, 3.8) is 0 Å². The zero-order chi connectivity index (χ0) is 23.1. The lowest BCUT2D eigenvalue weighted by Crippen LogP contribution is -2.44. The number of likely N-dealkylation sites (N-methyl/N-ethyl adjacent to an activating group) is 1. The first-order valence-electron chi connectivity index (χ1n) is 10.3. The van der Waals surface area contributed by atoms with Crippen molar-refractivity contribution in [2.24, 2.45) is 0 Å². The molecule has 172 valence electrons. The molecule has 0 spiro atoms. The minimum atomic E-state index is -4.00. The summed E-state index contributed by atoms with van der Waals surface area (Å²) in [6.07, 6.45) is -0.115. The average molecular weight is 479 g/mol. The summed E-state index contributed by atoms with van der Waals surface area (Å²) in [6, 6.07) is 11.3. The summed E-state index contributed by atoms with van der Waals surface area (Å²) < 4.78 is 53.8. The minimum absolute atomic E-state index is 0.0314. The van der Waals surface area contributed by atoms with Crippen molar-refractivity contribution in [3.8, 4) is 0 Å². The van der Waals surface area contributed by atoms with Gasteiger partial charge in [0.05, 0.1) is 16.3 Å². The molecule has 9 nitrogen and oxygen atoms in total. The van der Waals surface area contributed by atoms with Crippen molar-refractivity contribution < 1.29 is 21.6 Å². The van der Waals surface area contributed by atoms with Crippen LogP contribution in [0.2, 0.25) is 0 Å². The summed E-state index contributed by atoms with van der Waals surface area (Å²) in [5.74, 6) is -0.843. The largest absolute Gasteiger partial charge is 0.369 e. The summed E-state index contributed by atoms with van der Waals surface area (Å²) in [5, 5.41) is 0. The monoisotopic (exact) mass is 478 g/mol. The van der Waals surface area contributed by atoms with Gasteiger partial charge >= 0.3 is 0 Å². The van der Waals surface area contributed by atoms with Crippen LogP contribution in [-0.4, -0.2) is 66.6 Å². The maximum absolute atomic E-state index is 13.1. The third kappa shape index (κ3) is 4.45. The Labute approximate surface area is 188 Å². The Balaban J connectivity index is 1.57. The summed E-state index contributed by atoms with van der Waals surface area (Å²) in [4.78, 5) is 16.5. The lowest BCUT2D eigenvalue weighted by molar-refractivity contribution is -0.116. The van der Waals surface area contributed by atoms with Crippen LogP contribution in [0.3, 0.4) is 0 Å². The molecule has 2 fully saturated rings. The average Bonchev–Trinajstić information content (AvgIpc) is 3.02. The number of nitrogens with zero attached hydrogens (tertiary/aromatic N) is 3. The molecule has 0 unspecified atom stereocenters. The lowest BCUT2D eigenvalue weighted by Gasteiger charge is -2.34. The standard InChI is InChI=1S/C21H26N4O5S2/c1-16-3-6-19(25-21(26)9-14-31(25,27)28)15-20(16)32(29,30)22-17-4-7-18(8-5-17)24-12-10-23(2)11-13-24/h3-8,15,22H,9-14H2,1-2H3. The third-order valence-corrected chi connectivity index (χ3v) is 8.98. The molecular formula is C21H26N4O5S2. The van der Waals surface area contributed by atoms with Crippen molar-refractivity contribution >= 4 is 43.0 Å². The van der Waals surface area contributed by atoms with Gasteiger partial charge in [-0.15, -0.1) is 0 Å². The number of benzene rings is 2. The maximum Gasteiger partial charge on any atom is 0.262 e. The predicted octanol–water partition coefficient (Wildman–Crippen LogP) is 1.61. The molecule has 0 aromatic heterocycles. The van der Waals surface area contributed by atoms with Crippen LogP contribution in [0.25, 0.3) is 0 Å². The zero-order valence-electron chi connectivity index (χ0n) is 18.0. The Morgan fingerprint density at radius 3 is 2.16 bits per heavy atom. The Kier molecular flexibility index (Phi) is 5.91. The van der Waals surface area contributed by atoms with E-state index in [1.807, 2.05) is 12.1 Å². The Morgan fingerprint density at radius 1 is 0.938 bits per heavy atom. The molecule has 2 aromatic rings. The molecule has 1 N–H and O–H groups in total. The van der Waals surface area contributed by atoms with Crippen LogP contribution in [0.5, 0.6) is 0 Å². The molecule has 0 bridgehead atoms. The number of carbonyl (C=O) groups is 1. The van der Waals surface area contributed by atoms with Gasteiger partial charge in [-0.2, -0.15) is 0 Å². The number of rotatable bonds is 5. The second-order valence-corrected chi connectivity index (χ2v) is 11.7. The van der Waals surface area contributed by atoms with Crippen LogP contribution in [0, 0.1) is 6.92 Å². The van der Waals surface area contributed by atoms with E-state index in [-0.39, 0.29) is 22.8 Å². The van der Waals surface area contributed by atoms with E-state index in [1.54, 1.807) is 19.1 Å². The van der Waals surface area contributed by atoms with E-state index in [1.165, 1.54) is 18.2 Å². The molecular weight excluding hydrogens is 452 g/mol. The second-order valence-electron chi connectivity index (χ2n) is 8.12. The topological polar surface area (TPSA) is 107 Å². The van der Waals surface area contributed by atoms with Crippen LogP contribution in [-0.2, 0) is 24.8 Å². The van der Waals surface area contributed by atoms with Crippen LogP contribution < -0.4 is 13.9 Å². The number of piperazine rings is 1. The fourth-order valence-electron chi connectivity index (χ4n) is 3.89. The fourth-order valence-corrected chi connectivity index (χ4v) is 6.66. The van der Waals surface area contributed by atoms with Crippen molar-refractivity contribution in [1.29, 1.82) is 0 Å². The highest BCUT2D eigenvalue weighted by molar-refractivity contribution is 7.94. The van der Waals surface area contributed by atoms with Gasteiger partial charge in [-0.05, 0) is 55.9 Å². The summed E-state index contributed by atoms with van der Waals surface area (Å²) in [6.45, 7) is 5.38.